The molecule has 0 saturated carbocycles. The second-order valence-corrected chi connectivity index (χ2v) is 5.59. The van der Waals surface area contributed by atoms with Gasteiger partial charge in [0.2, 0.25) is 0 Å². The summed E-state index contributed by atoms with van der Waals surface area (Å²) in [5, 5.41) is 3.49. The average molecular weight is 339 g/mol. The number of aryl methyl sites for hydroxylation is 1. The van der Waals surface area contributed by atoms with Crippen molar-refractivity contribution in [1.82, 2.24) is 0 Å². The molecule has 0 aliphatic rings. The van der Waals surface area contributed by atoms with Crippen molar-refractivity contribution in [2.24, 2.45) is 0 Å². The van der Waals surface area contributed by atoms with E-state index in [-0.39, 0.29) is 5.91 Å². The summed E-state index contributed by atoms with van der Waals surface area (Å²) in [6, 6.07) is 11.0. The van der Waals surface area contributed by atoms with E-state index in [0.29, 0.717) is 16.3 Å². The maximum atomic E-state index is 12.2. The van der Waals surface area contributed by atoms with Gasteiger partial charge in [0.05, 0.1) is 0 Å². The van der Waals surface area contributed by atoms with Gasteiger partial charge in [0.25, 0.3) is 5.91 Å². The highest BCUT2D eigenvalue weighted by Gasteiger charge is 2.11. The zero-order valence-electron chi connectivity index (χ0n) is 10.6. The van der Waals surface area contributed by atoms with Gasteiger partial charge < -0.3 is 5.32 Å². The van der Waals surface area contributed by atoms with Gasteiger partial charge in [0.15, 0.2) is 0 Å². The normalized spacial score (nSPS) is 10.3. The van der Waals surface area contributed by atoms with Crippen molar-refractivity contribution in [1.29, 1.82) is 0 Å². The highest BCUT2D eigenvalue weighted by atomic mass is 79.9. The van der Waals surface area contributed by atoms with Gasteiger partial charge in [0.1, 0.15) is 0 Å². The molecule has 0 heterocycles. The molecule has 0 aromatic heterocycles. The van der Waals surface area contributed by atoms with Crippen LogP contribution in [-0.2, 0) is 0 Å². The Labute approximate surface area is 125 Å². The largest absolute Gasteiger partial charge is 0.322 e. The predicted molar refractivity (Wildman–Crippen MR) is 83.0 cm³/mol. The van der Waals surface area contributed by atoms with E-state index in [1.165, 1.54) is 0 Å². The molecule has 0 atom stereocenters. The van der Waals surface area contributed by atoms with Gasteiger partial charge in [-0.2, -0.15) is 0 Å². The lowest BCUT2D eigenvalue weighted by atomic mass is 10.1. The van der Waals surface area contributed by atoms with Gasteiger partial charge in [0, 0.05) is 20.7 Å². The van der Waals surface area contributed by atoms with Gasteiger partial charge in [-0.1, -0.05) is 39.7 Å². The van der Waals surface area contributed by atoms with Crippen molar-refractivity contribution in [2.45, 2.75) is 13.8 Å². The molecule has 1 amide bonds. The van der Waals surface area contributed by atoms with E-state index in [2.05, 4.69) is 21.2 Å². The molecule has 0 saturated heterocycles. The number of nitrogens with one attached hydrogen (secondary N) is 1. The maximum Gasteiger partial charge on any atom is 0.255 e. The predicted octanol–water partition coefficient (Wildman–Crippen LogP) is 4.97. The second kappa shape index (κ2) is 5.76. The minimum Gasteiger partial charge on any atom is -0.322 e. The lowest BCUT2D eigenvalue weighted by Crippen LogP contribution is -2.13. The fourth-order valence-electron chi connectivity index (χ4n) is 1.72. The molecular formula is C15H13BrClNO. The standard InChI is InChI=1S/C15H13BrClNO/c1-9-6-7-11(8-14(9)17)18-15(19)12-4-3-5-13(16)10(12)2/h3-8H,1-2H3,(H,18,19). The topological polar surface area (TPSA) is 29.1 Å². The summed E-state index contributed by atoms with van der Waals surface area (Å²) in [4.78, 5) is 12.2. The van der Waals surface area contributed by atoms with Crippen LogP contribution in [0, 0.1) is 13.8 Å². The van der Waals surface area contributed by atoms with E-state index in [1.54, 1.807) is 12.1 Å². The highest BCUT2D eigenvalue weighted by Crippen LogP contribution is 2.23. The Morgan fingerprint density at radius 3 is 2.63 bits per heavy atom. The van der Waals surface area contributed by atoms with E-state index in [4.69, 9.17) is 11.6 Å². The molecule has 2 aromatic rings. The summed E-state index contributed by atoms with van der Waals surface area (Å²) in [6.07, 6.45) is 0. The third-order valence-corrected chi connectivity index (χ3v) is 4.21. The molecule has 0 radical (unpaired) electrons. The second-order valence-electron chi connectivity index (χ2n) is 4.33. The van der Waals surface area contributed by atoms with E-state index in [9.17, 15) is 4.79 Å². The molecule has 0 spiro atoms. The Kier molecular flexibility index (Phi) is 4.27. The van der Waals surface area contributed by atoms with Gasteiger partial charge in [-0.15, -0.1) is 0 Å². The van der Waals surface area contributed by atoms with E-state index in [1.807, 2.05) is 38.1 Å². The lowest BCUT2D eigenvalue weighted by Gasteiger charge is -2.09. The number of anilines is 1. The van der Waals surface area contributed by atoms with Gasteiger partial charge in [-0.3, -0.25) is 4.79 Å². The first-order chi connectivity index (χ1) is 8.99. The van der Waals surface area contributed by atoms with Crippen LogP contribution in [0.4, 0.5) is 5.69 Å². The number of benzene rings is 2. The first-order valence-corrected chi connectivity index (χ1v) is 6.99. The van der Waals surface area contributed by atoms with Crippen LogP contribution in [-0.4, -0.2) is 5.91 Å². The summed E-state index contributed by atoms with van der Waals surface area (Å²) in [6.45, 7) is 3.83. The number of amides is 1. The molecule has 98 valence electrons. The van der Waals surface area contributed by atoms with E-state index in [0.717, 1.165) is 15.6 Å². The molecule has 2 nitrogen and oxygen atoms in total. The van der Waals surface area contributed by atoms with Crippen LogP contribution in [0.3, 0.4) is 0 Å². The number of carbonyl (C=O) groups excluding carboxylic acids is 1. The molecule has 4 heteroatoms. The van der Waals surface area contributed by atoms with Gasteiger partial charge in [-0.05, 0) is 49.2 Å². The minimum absolute atomic E-state index is 0.140. The minimum atomic E-state index is -0.140. The molecule has 0 unspecified atom stereocenters. The summed E-state index contributed by atoms with van der Waals surface area (Å²) in [5.74, 6) is -0.140. The Hall–Kier alpha value is -1.32. The van der Waals surface area contributed by atoms with Crippen molar-refractivity contribution in [2.75, 3.05) is 5.32 Å². The van der Waals surface area contributed by atoms with E-state index >= 15 is 0 Å². The first-order valence-electron chi connectivity index (χ1n) is 5.81. The number of halogens is 2. The van der Waals surface area contributed by atoms with Crippen LogP contribution in [0.2, 0.25) is 5.02 Å². The Balaban J connectivity index is 2.26. The van der Waals surface area contributed by atoms with Crippen molar-refractivity contribution >= 4 is 39.1 Å². The zero-order chi connectivity index (χ0) is 14.0. The molecule has 2 rings (SSSR count). The quantitative estimate of drug-likeness (QED) is 0.823. The van der Waals surface area contributed by atoms with Crippen LogP contribution in [0.1, 0.15) is 21.5 Å². The van der Waals surface area contributed by atoms with Crippen molar-refractivity contribution in [3.63, 3.8) is 0 Å². The van der Waals surface area contributed by atoms with Gasteiger partial charge in [-0.25, -0.2) is 0 Å². The molecular weight excluding hydrogens is 326 g/mol. The fraction of sp³-hybridized carbons (Fsp3) is 0.133. The summed E-state index contributed by atoms with van der Waals surface area (Å²) in [5.41, 5.74) is 3.24. The molecule has 1 N–H and O–H groups in total. The van der Waals surface area contributed by atoms with Gasteiger partial charge >= 0.3 is 0 Å². The number of hydrogen-bond donors (Lipinski definition) is 1. The number of carbonyl (C=O) groups is 1. The van der Waals surface area contributed by atoms with Crippen LogP contribution in [0.15, 0.2) is 40.9 Å². The molecule has 19 heavy (non-hydrogen) atoms. The lowest BCUT2D eigenvalue weighted by molar-refractivity contribution is 0.102. The first kappa shape index (κ1) is 14.1. The van der Waals surface area contributed by atoms with Crippen LogP contribution in [0.25, 0.3) is 0 Å². The summed E-state index contributed by atoms with van der Waals surface area (Å²) in [7, 11) is 0. The molecule has 0 aliphatic carbocycles. The van der Waals surface area contributed by atoms with Crippen LogP contribution < -0.4 is 5.32 Å². The maximum absolute atomic E-state index is 12.2. The number of rotatable bonds is 2. The smallest absolute Gasteiger partial charge is 0.255 e. The van der Waals surface area contributed by atoms with Crippen LogP contribution in [0.5, 0.6) is 0 Å². The molecule has 0 aliphatic heterocycles. The monoisotopic (exact) mass is 337 g/mol. The average Bonchev–Trinajstić information content (AvgIpc) is 2.37. The van der Waals surface area contributed by atoms with E-state index < -0.39 is 0 Å². The van der Waals surface area contributed by atoms with Crippen molar-refractivity contribution in [3.05, 3.63) is 62.6 Å². The SMILES string of the molecule is Cc1ccc(NC(=O)c2cccc(Br)c2C)cc1Cl. The fourth-order valence-corrected chi connectivity index (χ4v) is 2.27. The third-order valence-electron chi connectivity index (χ3n) is 2.94. The molecule has 0 bridgehead atoms. The van der Waals surface area contributed by atoms with Crippen molar-refractivity contribution in [3.8, 4) is 0 Å². The Morgan fingerprint density at radius 2 is 1.95 bits per heavy atom. The Bertz CT molecular complexity index is 640. The highest BCUT2D eigenvalue weighted by molar-refractivity contribution is 9.10. The number of hydrogen-bond acceptors (Lipinski definition) is 1. The van der Waals surface area contributed by atoms with Crippen molar-refractivity contribution < 1.29 is 4.79 Å². The summed E-state index contributed by atoms with van der Waals surface area (Å²) < 4.78 is 0.919. The summed E-state index contributed by atoms with van der Waals surface area (Å²) >= 11 is 9.46. The molecule has 2 aromatic carbocycles. The van der Waals surface area contributed by atoms with Crippen LogP contribution >= 0.6 is 27.5 Å². The molecule has 0 fully saturated rings. The third kappa shape index (κ3) is 3.17. The Morgan fingerprint density at radius 1 is 1.21 bits per heavy atom. The zero-order valence-corrected chi connectivity index (χ0v) is 13.0.